The second-order valence-electron chi connectivity index (χ2n) is 8.93. The van der Waals surface area contributed by atoms with Crippen molar-refractivity contribution in [1.82, 2.24) is 0 Å². The molecule has 1 heteroatoms. The minimum atomic E-state index is 1.03. The molecule has 0 aromatic heterocycles. The predicted octanol–water partition coefficient (Wildman–Crippen LogP) is 10.6. The van der Waals surface area contributed by atoms with Crippen molar-refractivity contribution in [3.05, 3.63) is 0 Å². The third-order valence-electron chi connectivity index (χ3n) is 6.18. The molecule has 1 atom stereocenters. The highest BCUT2D eigenvalue weighted by atomic mass is 79.9. The number of unbranched alkanes of at least 4 members (excludes halogenated alkanes) is 16. The van der Waals surface area contributed by atoms with E-state index in [-0.39, 0.29) is 0 Å². The molecule has 0 spiro atoms. The summed E-state index contributed by atoms with van der Waals surface area (Å²) in [6.45, 7) is 4.63. The summed E-state index contributed by atoms with van der Waals surface area (Å²) in [6.07, 6.45) is 32.2. The van der Waals surface area contributed by atoms with Gasteiger partial charge in [0.1, 0.15) is 0 Å². The van der Waals surface area contributed by atoms with Gasteiger partial charge in [-0.05, 0) is 12.3 Å². The highest BCUT2D eigenvalue weighted by Gasteiger charge is 2.08. The fraction of sp³-hybridized carbons (Fsp3) is 1.00. The zero-order valence-electron chi connectivity index (χ0n) is 19.2. The van der Waals surface area contributed by atoms with Crippen LogP contribution in [0.2, 0.25) is 0 Å². The third kappa shape index (κ3) is 22.6. The molecule has 1 unspecified atom stereocenters. The van der Waals surface area contributed by atoms with E-state index in [1.54, 1.807) is 0 Å². The molecule has 0 saturated heterocycles. The average molecular weight is 446 g/mol. The molecule has 0 N–H and O–H groups in total. The molecule has 0 aliphatic heterocycles. The summed E-state index contributed by atoms with van der Waals surface area (Å²) in [7, 11) is 0. The Hall–Kier alpha value is 0.480. The van der Waals surface area contributed by atoms with Gasteiger partial charge in [-0.25, -0.2) is 0 Å². The standard InChI is InChI=1S/C26H53Br/c1-3-5-7-9-11-12-15-19-23-26(22-18-14-10-8-6-4-2)24-20-16-13-17-21-25-27/h26H,3-25H2,1-2H3. The van der Waals surface area contributed by atoms with E-state index in [9.17, 15) is 0 Å². The Labute approximate surface area is 182 Å². The molecule has 0 aliphatic rings. The molecule has 0 aromatic rings. The van der Waals surface area contributed by atoms with Crippen molar-refractivity contribution in [3.8, 4) is 0 Å². The van der Waals surface area contributed by atoms with Gasteiger partial charge in [-0.3, -0.25) is 0 Å². The van der Waals surface area contributed by atoms with E-state index in [0.29, 0.717) is 0 Å². The lowest BCUT2D eigenvalue weighted by atomic mass is 9.89. The van der Waals surface area contributed by atoms with Gasteiger partial charge in [0.05, 0.1) is 0 Å². The molecule has 0 rings (SSSR count). The molecule has 0 bridgehead atoms. The summed E-state index contributed by atoms with van der Waals surface area (Å²) in [4.78, 5) is 0. The van der Waals surface area contributed by atoms with Gasteiger partial charge in [-0.2, -0.15) is 0 Å². The molecular weight excluding hydrogens is 392 g/mol. The summed E-state index contributed by atoms with van der Waals surface area (Å²) >= 11 is 3.55. The van der Waals surface area contributed by atoms with Gasteiger partial charge < -0.3 is 0 Å². The fourth-order valence-electron chi connectivity index (χ4n) is 4.27. The largest absolute Gasteiger partial charge is 0.0928 e. The van der Waals surface area contributed by atoms with E-state index in [2.05, 4.69) is 29.8 Å². The molecule has 27 heavy (non-hydrogen) atoms. The number of rotatable bonds is 23. The zero-order valence-corrected chi connectivity index (χ0v) is 20.8. The van der Waals surface area contributed by atoms with Gasteiger partial charge in [-0.15, -0.1) is 0 Å². The maximum atomic E-state index is 3.55. The smallest absolute Gasteiger partial charge is 0.00313 e. The SMILES string of the molecule is CCCCCCCCCCC(CCCCCCCC)CCCCCCCBr. The normalized spacial score (nSPS) is 12.6. The van der Waals surface area contributed by atoms with E-state index in [1.807, 2.05) is 0 Å². The summed E-state index contributed by atoms with van der Waals surface area (Å²) in [5, 5.41) is 1.19. The quantitative estimate of drug-likeness (QED) is 0.108. The first-order chi connectivity index (χ1) is 13.3. The Morgan fingerprint density at radius 1 is 0.407 bits per heavy atom. The van der Waals surface area contributed by atoms with Crippen LogP contribution in [0.5, 0.6) is 0 Å². The van der Waals surface area contributed by atoms with Gasteiger partial charge in [-0.1, -0.05) is 165 Å². The first-order valence-corrected chi connectivity index (χ1v) is 14.0. The average Bonchev–Trinajstić information content (AvgIpc) is 2.68. The van der Waals surface area contributed by atoms with Crippen LogP contribution in [0, 0.1) is 5.92 Å². The molecule has 0 nitrogen and oxygen atoms in total. The van der Waals surface area contributed by atoms with Crippen LogP contribution >= 0.6 is 15.9 Å². The fourth-order valence-corrected chi connectivity index (χ4v) is 4.67. The van der Waals surface area contributed by atoms with Gasteiger partial charge >= 0.3 is 0 Å². The van der Waals surface area contributed by atoms with Crippen molar-refractivity contribution in [1.29, 1.82) is 0 Å². The summed E-state index contributed by atoms with van der Waals surface area (Å²) in [5.41, 5.74) is 0. The second-order valence-corrected chi connectivity index (χ2v) is 9.72. The molecule has 0 radical (unpaired) electrons. The lowest BCUT2D eigenvalue weighted by Crippen LogP contribution is -2.01. The highest BCUT2D eigenvalue weighted by Crippen LogP contribution is 2.24. The van der Waals surface area contributed by atoms with Crippen LogP contribution in [0.15, 0.2) is 0 Å². The van der Waals surface area contributed by atoms with Gasteiger partial charge in [0, 0.05) is 5.33 Å². The molecule has 164 valence electrons. The first kappa shape index (κ1) is 27.5. The zero-order chi connectivity index (χ0) is 19.8. The van der Waals surface area contributed by atoms with E-state index in [4.69, 9.17) is 0 Å². The van der Waals surface area contributed by atoms with Crippen LogP contribution in [0.3, 0.4) is 0 Å². The Balaban J connectivity index is 3.77. The lowest BCUT2D eigenvalue weighted by molar-refractivity contribution is 0.366. The minimum absolute atomic E-state index is 1.03. The van der Waals surface area contributed by atoms with Crippen molar-refractivity contribution in [2.45, 2.75) is 155 Å². The molecule has 0 aromatic carbocycles. The Morgan fingerprint density at radius 2 is 0.704 bits per heavy atom. The topological polar surface area (TPSA) is 0 Å². The van der Waals surface area contributed by atoms with E-state index >= 15 is 0 Å². The molecular formula is C26H53Br. The van der Waals surface area contributed by atoms with Crippen LogP contribution in [0.1, 0.15) is 155 Å². The van der Waals surface area contributed by atoms with Crippen molar-refractivity contribution < 1.29 is 0 Å². The van der Waals surface area contributed by atoms with Crippen molar-refractivity contribution in [2.75, 3.05) is 5.33 Å². The molecule has 0 fully saturated rings. The van der Waals surface area contributed by atoms with Crippen molar-refractivity contribution >= 4 is 15.9 Å². The van der Waals surface area contributed by atoms with Crippen molar-refractivity contribution in [3.63, 3.8) is 0 Å². The van der Waals surface area contributed by atoms with E-state index in [1.165, 1.54) is 147 Å². The van der Waals surface area contributed by atoms with Crippen LogP contribution in [0.4, 0.5) is 0 Å². The maximum absolute atomic E-state index is 3.55. The van der Waals surface area contributed by atoms with Crippen molar-refractivity contribution in [2.24, 2.45) is 5.92 Å². The Kier molecular flexibility index (Phi) is 25.0. The van der Waals surface area contributed by atoms with Crippen LogP contribution < -0.4 is 0 Å². The maximum Gasteiger partial charge on any atom is 0.00313 e. The summed E-state index contributed by atoms with van der Waals surface area (Å²) < 4.78 is 0. The monoisotopic (exact) mass is 444 g/mol. The number of hydrogen-bond donors (Lipinski definition) is 0. The highest BCUT2D eigenvalue weighted by molar-refractivity contribution is 9.09. The Bertz CT molecular complexity index is 235. The number of alkyl halides is 1. The number of halogens is 1. The second kappa shape index (κ2) is 24.5. The van der Waals surface area contributed by atoms with Crippen LogP contribution in [-0.2, 0) is 0 Å². The first-order valence-electron chi connectivity index (χ1n) is 12.9. The molecule has 0 amide bonds. The van der Waals surface area contributed by atoms with E-state index in [0.717, 1.165) is 5.92 Å². The van der Waals surface area contributed by atoms with E-state index < -0.39 is 0 Å². The lowest BCUT2D eigenvalue weighted by Gasteiger charge is -2.17. The minimum Gasteiger partial charge on any atom is -0.0928 e. The van der Waals surface area contributed by atoms with Crippen LogP contribution in [0.25, 0.3) is 0 Å². The molecule has 0 aliphatic carbocycles. The van der Waals surface area contributed by atoms with Gasteiger partial charge in [0.25, 0.3) is 0 Å². The Morgan fingerprint density at radius 3 is 1.04 bits per heavy atom. The molecule has 0 heterocycles. The summed E-state index contributed by atoms with van der Waals surface area (Å²) in [5.74, 6) is 1.03. The predicted molar refractivity (Wildman–Crippen MR) is 130 cm³/mol. The van der Waals surface area contributed by atoms with Gasteiger partial charge in [0.15, 0.2) is 0 Å². The summed E-state index contributed by atoms with van der Waals surface area (Å²) in [6, 6.07) is 0. The third-order valence-corrected chi connectivity index (χ3v) is 6.74. The molecule has 0 saturated carbocycles. The number of hydrogen-bond acceptors (Lipinski definition) is 0. The van der Waals surface area contributed by atoms with Gasteiger partial charge in [0.2, 0.25) is 0 Å². The van der Waals surface area contributed by atoms with Crippen LogP contribution in [-0.4, -0.2) is 5.33 Å².